The molecule has 0 bridgehead atoms. The summed E-state index contributed by atoms with van der Waals surface area (Å²) in [6, 6.07) is 15.5. The first-order valence-electron chi connectivity index (χ1n) is 7.14. The van der Waals surface area contributed by atoms with E-state index in [0.717, 1.165) is 5.56 Å². The molecule has 1 heterocycles. The van der Waals surface area contributed by atoms with Gasteiger partial charge in [0.15, 0.2) is 0 Å². The Kier molecular flexibility index (Phi) is 4.17. The molecule has 23 heavy (non-hydrogen) atoms. The number of carbonyl (C=O) groups is 1. The number of para-hydroxylation sites is 1. The van der Waals surface area contributed by atoms with Gasteiger partial charge in [-0.3, -0.25) is 4.79 Å². The van der Waals surface area contributed by atoms with Crippen molar-refractivity contribution in [1.29, 1.82) is 0 Å². The van der Waals surface area contributed by atoms with E-state index in [1.807, 2.05) is 25.1 Å². The van der Waals surface area contributed by atoms with Crippen LogP contribution in [0.25, 0.3) is 11.0 Å². The maximum atomic E-state index is 12.4. The number of benzene rings is 2. The van der Waals surface area contributed by atoms with E-state index in [9.17, 15) is 9.59 Å². The number of nitrogens with one attached hydrogen (secondary N) is 1. The molecule has 116 valence electrons. The second kappa shape index (κ2) is 6.26. The van der Waals surface area contributed by atoms with E-state index in [4.69, 9.17) is 16.0 Å². The maximum Gasteiger partial charge on any atom is 0.349 e. The van der Waals surface area contributed by atoms with Crippen LogP contribution in [0.1, 0.15) is 28.9 Å². The summed E-state index contributed by atoms with van der Waals surface area (Å²) >= 11 is 5.85. The van der Waals surface area contributed by atoms with Gasteiger partial charge in [0.1, 0.15) is 11.1 Å². The molecule has 0 radical (unpaired) electrons. The van der Waals surface area contributed by atoms with Gasteiger partial charge in [-0.2, -0.15) is 0 Å². The highest BCUT2D eigenvalue weighted by atomic mass is 35.5. The first-order valence-corrected chi connectivity index (χ1v) is 7.51. The summed E-state index contributed by atoms with van der Waals surface area (Å²) in [4.78, 5) is 24.4. The molecule has 2 aromatic carbocycles. The SMILES string of the molecule is C[C@H](NC(=O)c1cc2ccccc2oc1=O)c1ccc(Cl)cc1. The van der Waals surface area contributed by atoms with Gasteiger partial charge in [-0.15, -0.1) is 0 Å². The first-order chi connectivity index (χ1) is 11.0. The van der Waals surface area contributed by atoms with Crippen molar-refractivity contribution < 1.29 is 9.21 Å². The molecule has 3 aromatic rings. The van der Waals surface area contributed by atoms with Crippen LogP contribution >= 0.6 is 11.6 Å². The lowest BCUT2D eigenvalue weighted by molar-refractivity contribution is 0.0936. The highest BCUT2D eigenvalue weighted by Gasteiger charge is 2.16. The monoisotopic (exact) mass is 327 g/mol. The molecule has 0 aliphatic rings. The van der Waals surface area contributed by atoms with Crippen LogP contribution in [0.2, 0.25) is 5.02 Å². The number of carbonyl (C=O) groups excluding carboxylic acids is 1. The smallest absolute Gasteiger partial charge is 0.349 e. The maximum absolute atomic E-state index is 12.4. The van der Waals surface area contributed by atoms with Crippen LogP contribution in [0, 0.1) is 0 Å². The molecule has 1 atom stereocenters. The summed E-state index contributed by atoms with van der Waals surface area (Å²) in [5.41, 5.74) is 0.696. The van der Waals surface area contributed by atoms with E-state index in [2.05, 4.69) is 5.32 Å². The zero-order valence-electron chi connectivity index (χ0n) is 12.4. The third-order valence-corrected chi connectivity index (χ3v) is 3.86. The van der Waals surface area contributed by atoms with Crippen LogP contribution in [0.4, 0.5) is 0 Å². The van der Waals surface area contributed by atoms with Crippen molar-refractivity contribution in [2.45, 2.75) is 13.0 Å². The molecule has 5 heteroatoms. The molecule has 3 rings (SSSR count). The van der Waals surface area contributed by atoms with Gasteiger partial charge in [-0.1, -0.05) is 41.9 Å². The highest BCUT2D eigenvalue weighted by Crippen LogP contribution is 2.17. The number of hydrogen-bond donors (Lipinski definition) is 1. The van der Waals surface area contributed by atoms with Crippen molar-refractivity contribution in [3.05, 3.63) is 81.2 Å². The van der Waals surface area contributed by atoms with Crippen LogP contribution in [0.15, 0.2) is 63.8 Å². The fourth-order valence-electron chi connectivity index (χ4n) is 2.33. The van der Waals surface area contributed by atoms with Gasteiger partial charge in [0.25, 0.3) is 5.91 Å². The number of hydrogen-bond acceptors (Lipinski definition) is 3. The molecule has 0 aliphatic carbocycles. The Labute approximate surface area is 137 Å². The Morgan fingerprint density at radius 1 is 1.13 bits per heavy atom. The van der Waals surface area contributed by atoms with Crippen molar-refractivity contribution in [2.24, 2.45) is 0 Å². The summed E-state index contributed by atoms with van der Waals surface area (Å²) in [6.07, 6.45) is 0. The molecule has 1 amide bonds. The quantitative estimate of drug-likeness (QED) is 0.741. The van der Waals surface area contributed by atoms with Gasteiger partial charge >= 0.3 is 5.63 Å². The van der Waals surface area contributed by atoms with Crippen LogP contribution in [-0.2, 0) is 0 Å². The molecule has 0 saturated heterocycles. The van der Waals surface area contributed by atoms with Crippen LogP contribution in [0.5, 0.6) is 0 Å². The van der Waals surface area contributed by atoms with E-state index in [-0.39, 0.29) is 11.6 Å². The Balaban J connectivity index is 1.87. The minimum absolute atomic E-state index is 0.00971. The zero-order chi connectivity index (χ0) is 16.4. The summed E-state index contributed by atoms with van der Waals surface area (Å²) in [5.74, 6) is -0.466. The van der Waals surface area contributed by atoms with Crippen molar-refractivity contribution in [1.82, 2.24) is 5.32 Å². The first kappa shape index (κ1) is 15.3. The fraction of sp³-hybridized carbons (Fsp3) is 0.111. The number of amides is 1. The molecular formula is C18H14ClNO3. The van der Waals surface area contributed by atoms with Gasteiger partial charge in [0, 0.05) is 10.4 Å². The topological polar surface area (TPSA) is 59.3 Å². The van der Waals surface area contributed by atoms with Gasteiger partial charge in [-0.05, 0) is 36.8 Å². The third-order valence-electron chi connectivity index (χ3n) is 3.60. The molecule has 0 aliphatic heterocycles. The highest BCUT2D eigenvalue weighted by molar-refractivity contribution is 6.30. The lowest BCUT2D eigenvalue weighted by Crippen LogP contribution is -2.30. The van der Waals surface area contributed by atoms with Gasteiger partial charge in [0.05, 0.1) is 6.04 Å². The van der Waals surface area contributed by atoms with Crippen LogP contribution in [0.3, 0.4) is 0 Å². The summed E-state index contributed by atoms with van der Waals surface area (Å²) in [7, 11) is 0. The van der Waals surface area contributed by atoms with Crippen molar-refractivity contribution in [3.63, 3.8) is 0 Å². The number of fused-ring (bicyclic) bond motifs is 1. The normalized spacial score (nSPS) is 12.1. The third kappa shape index (κ3) is 3.27. The lowest BCUT2D eigenvalue weighted by atomic mass is 10.1. The lowest BCUT2D eigenvalue weighted by Gasteiger charge is -2.14. The molecule has 4 nitrogen and oxygen atoms in total. The number of rotatable bonds is 3. The van der Waals surface area contributed by atoms with E-state index in [0.29, 0.717) is 16.0 Å². The average molecular weight is 328 g/mol. The van der Waals surface area contributed by atoms with Crippen LogP contribution < -0.4 is 10.9 Å². The zero-order valence-corrected chi connectivity index (χ0v) is 13.1. The predicted octanol–water partition coefficient (Wildman–Crippen LogP) is 3.94. The Bertz CT molecular complexity index is 915. The standard InChI is InChI=1S/C18H14ClNO3/c1-11(12-6-8-14(19)9-7-12)20-17(21)15-10-13-4-2-3-5-16(13)23-18(15)22/h2-11H,1H3,(H,20,21)/t11-/m0/s1. The van der Waals surface area contributed by atoms with Crippen molar-refractivity contribution >= 4 is 28.5 Å². The second-order valence-electron chi connectivity index (χ2n) is 5.23. The van der Waals surface area contributed by atoms with Crippen LogP contribution in [-0.4, -0.2) is 5.91 Å². The molecule has 0 saturated carbocycles. The minimum atomic E-state index is -0.649. The molecule has 0 unspecified atom stereocenters. The molecule has 1 aromatic heterocycles. The molecule has 0 spiro atoms. The molecule has 0 fully saturated rings. The van der Waals surface area contributed by atoms with Gasteiger partial charge in [-0.25, -0.2) is 4.79 Å². The van der Waals surface area contributed by atoms with Crippen molar-refractivity contribution in [3.8, 4) is 0 Å². The number of halogens is 1. The van der Waals surface area contributed by atoms with Crippen molar-refractivity contribution in [2.75, 3.05) is 0 Å². The summed E-state index contributed by atoms with van der Waals surface area (Å²) in [6.45, 7) is 1.84. The Morgan fingerprint density at radius 3 is 2.57 bits per heavy atom. The minimum Gasteiger partial charge on any atom is -0.422 e. The van der Waals surface area contributed by atoms with E-state index in [1.54, 1.807) is 36.4 Å². The predicted molar refractivity (Wildman–Crippen MR) is 89.8 cm³/mol. The van der Waals surface area contributed by atoms with E-state index in [1.165, 1.54) is 0 Å². The van der Waals surface area contributed by atoms with E-state index < -0.39 is 11.5 Å². The Morgan fingerprint density at radius 2 is 1.83 bits per heavy atom. The van der Waals surface area contributed by atoms with Gasteiger partial charge < -0.3 is 9.73 Å². The fourth-order valence-corrected chi connectivity index (χ4v) is 2.46. The van der Waals surface area contributed by atoms with Gasteiger partial charge in [0.2, 0.25) is 0 Å². The summed E-state index contributed by atoms with van der Waals surface area (Å²) in [5, 5.41) is 4.13. The second-order valence-corrected chi connectivity index (χ2v) is 5.67. The van der Waals surface area contributed by atoms with E-state index >= 15 is 0 Å². The molecule has 1 N–H and O–H groups in total. The largest absolute Gasteiger partial charge is 0.422 e. The Hall–Kier alpha value is -2.59. The molecular weight excluding hydrogens is 314 g/mol. The summed E-state index contributed by atoms with van der Waals surface area (Å²) < 4.78 is 5.18. The average Bonchev–Trinajstić information content (AvgIpc) is 2.54.